The molecule has 0 aromatic heterocycles. The predicted molar refractivity (Wildman–Crippen MR) is 82.1 cm³/mol. The Balaban J connectivity index is 1.97. The summed E-state index contributed by atoms with van der Waals surface area (Å²) in [6.45, 7) is 0. The molecule has 3 rings (SSSR count). The van der Waals surface area contributed by atoms with E-state index in [9.17, 15) is 26.7 Å². The van der Waals surface area contributed by atoms with Crippen LogP contribution in [0.2, 0.25) is 0 Å². The molecule has 0 aliphatic carbocycles. The van der Waals surface area contributed by atoms with Crippen LogP contribution >= 0.6 is 12.0 Å². The summed E-state index contributed by atoms with van der Waals surface area (Å²) in [6, 6.07) is 4.25. The van der Waals surface area contributed by atoms with E-state index in [1.54, 1.807) is 5.43 Å². The molecule has 0 fully saturated rings. The summed E-state index contributed by atoms with van der Waals surface area (Å²) in [6.07, 6.45) is 0. The summed E-state index contributed by atoms with van der Waals surface area (Å²) in [5.74, 6) is -11.7. The topological polar surface area (TPSA) is 92.2 Å². The van der Waals surface area contributed by atoms with E-state index in [1.165, 1.54) is 18.2 Å². The van der Waals surface area contributed by atoms with E-state index >= 15 is 0 Å². The van der Waals surface area contributed by atoms with Crippen molar-refractivity contribution in [3.63, 3.8) is 0 Å². The number of nitrogens with zero attached hydrogens (tertiary/aromatic N) is 1. The van der Waals surface area contributed by atoms with Crippen molar-refractivity contribution in [2.24, 2.45) is 5.10 Å². The first-order chi connectivity index (χ1) is 12.8. The monoisotopic (exact) mass is 407 g/mol. The third-order valence-corrected chi connectivity index (χ3v) is 3.93. The van der Waals surface area contributed by atoms with Crippen LogP contribution in [-0.2, 0) is 14.2 Å². The normalized spacial score (nSPS) is 14.4. The molecule has 2 aromatic carbocycles. The second-order valence-corrected chi connectivity index (χ2v) is 5.68. The van der Waals surface area contributed by atoms with Crippen molar-refractivity contribution >= 4 is 35.0 Å². The third-order valence-electron chi connectivity index (χ3n) is 3.36. The van der Waals surface area contributed by atoms with Crippen molar-refractivity contribution in [2.75, 3.05) is 10.7 Å². The first kappa shape index (κ1) is 19.0. The van der Waals surface area contributed by atoms with Crippen LogP contribution in [0, 0.1) is 29.1 Å². The molecule has 0 unspecified atom stereocenters. The molecule has 0 atom stereocenters. The number of nitrogens with one attached hydrogen (secondary N) is 2. The molecule has 1 aliphatic rings. The molecule has 3 N–H and O–H groups in total. The highest BCUT2D eigenvalue weighted by atomic mass is 32.2. The van der Waals surface area contributed by atoms with Gasteiger partial charge in [-0.1, -0.05) is 5.04 Å². The van der Waals surface area contributed by atoms with Crippen molar-refractivity contribution in [2.45, 2.75) is 4.90 Å². The zero-order valence-corrected chi connectivity index (χ0v) is 13.5. The van der Waals surface area contributed by atoms with E-state index in [1.807, 2.05) is 0 Å². The van der Waals surface area contributed by atoms with E-state index in [-0.39, 0.29) is 17.0 Å². The lowest BCUT2D eigenvalue weighted by molar-refractivity contribution is -0.432. The highest BCUT2D eigenvalue weighted by Gasteiger charge is 2.29. The Morgan fingerprint density at radius 2 is 1.67 bits per heavy atom. The van der Waals surface area contributed by atoms with Gasteiger partial charge < -0.3 is 5.32 Å². The zero-order valence-electron chi connectivity index (χ0n) is 12.6. The molecular formula is C14H6F5N3O4S. The lowest BCUT2D eigenvalue weighted by atomic mass is 10.1. The molecule has 13 heteroatoms. The number of amides is 1. The van der Waals surface area contributed by atoms with Crippen LogP contribution in [0.15, 0.2) is 28.2 Å². The fraction of sp³-hybridized carbons (Fsp3) is 0. The summed E-state index contributed by atoms with van der Waals surface area (Å²) < 4.78 is 71.0. The van der Waals surface area contributed by atoms with Gasteiger partial charge in [0.15, 0.2) is 29.0 Å². The van der Waals surface area contributed by atoms with Gasteiger partial charge in [0, 0.05) is 10.5 Å². The second-order valence-electron chi connectivity index (χ2n) is 4.90. The number of hydrogen-bond donors (Lipinski definition) is 3. The largest absolute Gasteiger partial charge is 0.320 e. The summed E-state index contributed by atoms with van der Waals surface area (Å²) in [5.41, 5.74) is 0.304. The van der Waals surface area contributed by atoms with Crippen molar-refractivity contribution in [3.8, 4) is 0 Å². The molecule has 0 saturated heterocycles. The number of fused-ring (bicyclic) bond motifs is 1. The van der Waals surface area contributed by atoms with E-state index in [0.717, 1.165) is 0 Å². The van der Waals surface area contributed by atoms with Crippen LogP contribution in [0.1, 0.15) is 5.56 Å². The first-order valence-electron chi connectivity index (χ1n) is 6.80. The first-order valence-corrected chi connectivity index (χ1v) is 7.55. The van der Waals surface area contributed by atoms with Gasteiger partial charge in [0.25, 0.3) is 5.91 Å². The minimum atomic E-state index is -2.32. The van der Waals surface area contributed by atoms with E-state index < -0.39 is 40.7 Å². The molecule has 142 valence electrons. The van der Waals surface area contributed by atoms with Gasteiger partial charge in [-0.3, -0.25) is 10.2 Å². The summed E-state index contributed by atoms with van der Waals surface area (Å²) >= 11 is 0.567. The van der Waals surface area contributed by atoms with E-state index in [2.05, 4.69) is 19.8 Å². The molecule has 1 amide bonds. The molecule has 1 aliphatic heterocycles. The number of rotatable bonds is 5. The predicted octanol–water partition coefficient (Wildman–Crippen LogP) is 3.58. The average Bonchev–Trinajstić information content (AvgIpc) is 2.97. The maximum Gasteiger partial charge on any atom is 0.276 e. The van der Waals surface area contributed by atoms with Crippen molar-refractivity contribution in [3.05, 3.63) is 52.8 Å². The van der Waals surface area contributed by atoms with Gasteiger partial charge in [-0.15, -0.1) is 4.33 Å². The Bertz CT molecular complexity index is 943. The minimum absolute atomic E-state index is 0.142. The number of benzene rings is 2. The number of hydrazone groups is 1. The second kappa shape index (κ2) is 7.48. The van der Waals surface area contributed by atoms with Crippen LogP contribution in [0.25, 0.3) is 0 Å². The highest BCUT2D eigenvalue weighted by Crippen LogP contribution is 2.31. The molecule has 0 saturated carbocycles. The molecule has 0 spiro atoms. The summed E-state index contributed by atoms with van der Waals surface area (Å²) in [5, 5.41) is 17.4. The van der Waals surface area contributed by atoms with Gasteiger partial charge in [0.1, 0.15) is 5.69 Å². The fourth-order valence-electron chi connectivity index (χ4n) is 2.16. The smallest absolute Gasteiger partial charge is 0.276 e. The number of carbonyl (C=O) groups excluding carboxylic acids is 1. The van der Waals surface area contributed by atoms with Gasteiger partial charge in [-0.25, -0.2) is 27.2 Å². The number of carbonyl (C=O) groups is 1. The molecule has 2 aromatic rings. The van der Waals surface area contributed by atoms with Gasteiger partial charge in [0.2, 0.25) is 5.82 Å². The van der Waals surface area contributed by atoms with Crippen LogP contribution < -0.4 is 10.7 Å². The van der Waals surface area contributed by atoms with Gasteiger partial charge >= 0.3 is 0 Å². The Labute approximate surface area is 150 Å². The number of halogens is 5. The molecule has 0 radical (unpaired) electrons. The average molecular weight is 407 g/mol. The lowest BCUT2D eigenvalue weighted by Gasteiger charge is -2.08. The molecule has 0 bridgehead atoms. The third kappa shape index (κ3) is 3.44. The van der Waals surface area contributed by atoms with Gasteiger partial charge in [-0.2, -0.15) is 5.10 Å². The zero-order chi connectivity index (χ0) is 19.7. The molecular weight excluding hydrogens is 401 g/mol. The van der Waals surface area contributed by atoms with E-state index in [4.69, 9.17) is 5.26 Å². The van der Waals surface area contributed by atoms with Crippen LogP contribution in [0.3, 0.4) is 0 Å². The molecule has 27 heavy (non-hydrogen) atoms. The van der Waals surface area contributed by atoms with Crippen LogP contribution in [-0.4, -0.2) is 16.9 Å². The van der Waals surface area contributed by atoms with Crippen molar-refractivity contribution in [1.82, 2.24) is 0 Å². The number of hydrogen-bond acceptors (Lipinski definition) is 7. The highest BCUT2D eigenvalue weighted by molar-refractivity contribution is 7.94. The van der Waals surface area contributed by atoms with Gasteiger partial charge in [-0.05, 0) is 18.2 Å². The SMILES string of the molecule is O=C1Nc2ccc(SOOO)cc2/C1=N/Nc1c(F)c(F)c(F)c(F)c1F. The Kier molecular flexibility index (Phi) is 5.27. The quantitative estimate of drug-likeness (QED) is 0.175. The minimum Gasteiger partial charge on any atom is -0.320 e. The molecule has 7 nitrogen and oxygen atoms in total. The summed E-state index contributed by atoms with van der Waals surface area (Å²) in [4.78, 5) is 12.3. The fourth-order valence-corrected chi connectivity index (χ4v) is 2.56. The Morgan fingerprint density at radius 3 is 2.30 bits per heavy atom. The lowest BCUT2D eigenvalue weighted by Crippen LogP contribution is -2.17. The Hall–Kier alpha value is -2.74. The maximum absolute atomic E-state index is 13.7. The number of anilines is 2. The van der Waals surface area contributed by atoms with E-state index in [0.29, 0.717) is 16.9 Å². The molecule has 1 heterocycles. The van der Waals surface area contributed by atoms with Crippen molar-refractivity contribution < 1.29 is 41.4 Å². The van der Waals surface area contributed by atoms with Crippen molar-refractivity contribution in [1.29, 1.82) is 0 Å². The van der Waals surface area contributed by atoms with Crippen LogP contribution in [0.5, 0.6) is 0 Å². The standard InChI is InChI=1S/C14H6F5N3O4S/c15-7-8(16)10(18)13(11(19)9(7)17)22-21-12-5-3-4(27-26-25-24)1-2-6(5)20-14(12)23/h1-3,22,24H,(H,20,21,23). The maximum atomic E-state index is 13.7. The Morgan fingerprint density at radius 1 is 1.04 bits per heavy atom. The summed E-state index contributed by atoms with van der Waals surface area (Å²) in [7, 11) is 0. The van der Waals surface area contributed by atoms with Crippen LogP contribution in [0.4, 0.5) is 33.3 Å². The van der Waals surface area contributed by atoms with Gasteiger partial charge in [0.05, 0.1) is 17.7 Å².